The summed E-state index contributed by atoms with van der Waals surface area (Å²) in [4.78, 5) is -0.111. The van der Waals surface area contributed by atoms with Gasteiger partial charge in [0.1, 0.15) is 0 Å². The summed E-state index contributed by atoms with van der Waals surface area (Å²) >= 11 is 0. The molecule has 0 saturated heterocycles. The summed E-state index contributed by atoms with van der Waals surface area (Å²) < 4.78 is 30.6. The maximum atomic E-state index is 10.9. The fourth-order valence-electron chi connectivity index (χ4n) is 1.40. The Morgan fingerprint density at radius 2 is 1.56 bits per heavy atom. The molecule has 0 fully saturated rings. The van der Waals surface area contributed by atoms with Gasteiger partial charge in [-0.2, -0.15) is 8.42 Å². The van der Waals surface area contributed by atoms with E-state index in [4.69, 9.17) is 10.3 Å². The van der Waals surface area contributed by atoms with Crippen LogP contribution < -0.4 is 5.73 Å². The van der Waals surface area contributed by atoms with Gasteiger partial charge in [-0.1, -0.05) is 12.1 Å². The number of anilines is 1. The quantitative estimate of drug-likeness (QED) is 0.569. The summed E-state index contributed by atoms with van der Waals surface area (Å²) in [5.41, 5.74) is 6.19. The smallest absolute Gasteiger partial charge is 0.294 e. The first-order valence-electron chi connectivity index (χ1n) is 4.23. The zero-order chi connectivity index (χ0) is 11.1. The monoisotopic (exact) mass is 241 g/mol. The van der Waals surface area contributed by atoms with Gasteiger partial charge in [-0.3, -0.25) is 4.55 Å². The molecule has 0 aliphatic heterocycles. The topological polar surface area (TPSA) is 112 Å². The van der Waals surface area contributed by atoms with Crippen molar-refractivity contribution in [2.45, 2.75) is 4.90 Å². The third-order valence-corrected chi connectivity index (χ3v) is 2.98. The lowest BCUT2D eigenvalue weighted by Gasteiger charge is -2.01. The zero-order valence-corrected chi connectivity index (χ0v) is 9.03. The van der Waals surface area contributed by atoms with Crippen molar-refractivity contribution in [2.24, 2.45) is 0 Å². The molecule has 0 saturated carbocycles. The van der Waals surface area contributed by atoms with Gasteiger partial charge in [-0.05, 0) is 35.0 Å². The molecule has 5 nitrogen and oxygen atoms in total. The van der Waals surface area contributed by atoms with Gasteiger partial charge >= 0.3 is 0 Å². The molecule has 0 bridgehead atoms. The van der Waals surface area contributed by atoms with Crippen LogP contribution in [0.25, 0.3) is 10.8 Å². The van der Waals surface area contributed by atoms with E-state index in [-0.39, 0.29) is 10.4 Å². The molecule has 0 spiro atoms. The minimum Gasteiger partial charge on any atom is -0.412 e. The average Bonchev–Trinajstić information content (AvgIpc) is 2.15. The van der Waals surface area contributed by atoms with Crippen LogP contribution in [0.1, 0.15) is 0 Å². The van der Waals surface area contributed by atoms with Gasteiger partial charge in [0, 0.05) is 5.69 Å². The van der Waals surface area contributed by atoms with Crippen molar-refractivity contribution in [3.8, 4) is 0 Å². The normalized spacial score (nSPS) is 11.1. The van der Waals surface area contributed by atoms with Crippen molar-refractivity contribution in [1.29, 1.82) is 0 Å². The average molecular weight is 241 g/mol. The Kier molecular flexibility index (Phi) is 3.18. The Morgan fingerprint density at radius 3 is 2.19 bits per heavy atom. The van der Waals surface area contributed by atoms with E-state index >= 15 is 0 Å². The van der Waals surface area contributed by atoms with Crippen LogP contribution in [0.4, 0.5) is 5.69 Å². The molecule has 0 aliphatic rings. The highest BCUT2D eigenvalue weighted by Crippen LogP contribution is 2.21. The van der Waals surface area contributed by atoms with Gasteiger partial charge in [0.15, 0.2) is 0 Å². The molecular weight excluding hydrogens is 230 g/mol. The molecular formula is C10H11NO4S. The van der Waals surface area contributed by atoms with E-state index in [1.807, 2.05) is 0 Å². The second-order valence-electron chi connectivity index (χ2n) is 3.24. The Morgan fingerprint density at radius 1 is 1.00 bits per heavy atom. The molecule has 2 rings (SSSR count). The highest BCUT2D eigenvalue weighted by atomic mass is 32.2. The van der Waals surface area contributed by atoms with E-state index in [0.717, 1.165) is 10.8 Å². The van der Waals surface area contributed by atoms with E-state index in [1.165, 1.54) is 12.1 Å². The van der Waals surface area contributed by atoms with E-state index in [1.54, 1.807) is 24.3 Å². The fraction of sp³-hybridized carbons (Fsp3) is 0. The maximum absolute atomic E-state index is 10.9. The molecule has 0 unspecified atom stereocenters. The summed E-state index contributed by atoms with van der Waals surface area (Å²) in [6.07, 6.45) is 0. The molecule has 6 heteroatoms. The van der Waals surface area contributed by atoms with Gasteiger partial charge in [-0.15, -0.1) is 0 Å². The second kappa shape index (κ2) is 4.09. The van der Waals surface area contributed by atoms with Crippen LogP contribution in [0, 0.1) is 0 Å². The molecule has 5 N–H and O–H groups in total. The van der Waals surface area contributed by atoms with Crippen molar-refractivity contribution < 1.29 is 18.4 Å². The number of hydrogen-bond donors (Lipinski definition) is 2. The van der Waals surface area contributed by atoms with Crippen LogP contribution in [0.3, 0.4) is 0 Å². The zero-order valence-electron chi connectivity index (χ0n) is 8.21. The molecule has 86 valence electrons. The molecule has 0 amide bonds. The van der Waals surface area contributed by atoms with Crippen molar-refractivity contribution in [1.82, 2.24) is 0 Å². The number of nitrogen functional groups attached to an aromatic ring is 1. The first-order chi connectivity index (χ1) is 6.97. The fourth-order valence-corrected chi connectivity index (χ4v) is 1.92. The Hall–Kier alpha value is -1.63. The first kappa shape index (κ1) is 12.4. The molecule has 16 heavy (non-hydrogen) atoms. The standard InChI is InChI=1S/C10H9NO3S.H2O/c11-9-3-1-8-6-10(15(12,13)14)4-2-7(8)5-9;/h1-6H,11H2,(H,12,13,14);1H2. The lowest BCUT2D eigenvalue weighted by molar-refractivity contribution is 0.483. The predicted molar refractivity (Wildman–Crippen MR) is 61.8 cm³/mol. The van der Waals surface area contributed by atoms with Gasteiger partial charge in [0.2, 0.25) is 0 Å². The van der Waals surface area contributed by atoms with E-state index in [2.05, 4.69) is 0 Å². The predicted octanol–water partition coefficient (Wildman–Crippen LogP) is 0.844. The number of nitrogens with two attached hydrogens (primary N) is 1. The van der Waals surface area contributed by atoms with Crippen LogP contribution in [0.5, 0.6) is 0 Å². The number of benzene rings is 2. The van der Waals surface area contributed by atoms with Crippen molar-refractivity contribution in [2.75, 3.05) is 5.73 Å². The summed E-state index contributed by atoms with van der Waals surface area (Å²) in [5.74, 6) is 0. The third-order valence-electron chi connectivity index (χ3n) is 2.13. The Bertz CT molecular complexity index is 622. The highest BCUT2D eigenvalue weighted by Gasteiger charge is 2.09. The molecule has 2 aromatic rings. The molecule has 2 aromatic carbocycles. The van der Waals surface area contributed by atoms with Crippen LogP contribution in [-0.2, 0) is 10.1 Å². The summed E-state index contributed by atoms with van der Waals surface area (Å²) in [7, 11) is -4.14. The first-order valence-corrected chi connectivity index (χ1v) is 5.67. The van der Waals surface area contributed by atoms with Crippen LogP contribution in [-0.4, -0.2) is 18.4 Å². The SMILES string of the molecule is Nc1ccc2cc(S(=O)(=O)O)ccc2c1.O. The Balaban J connectivity index is 0.00000128. The third kappa shape index (κ3) is 2.30. The minimum absolute atomic E-state index is 0. The molecule has 0 aromatic heterocycles. The van der Waals surface area contributed by atoms with Crippen molar-refractivity contribution >= 4 is 26.6 Å². The second-order valence-corrected chi connectivity index (χ2v) is 4.66. The van der Waals surface area contributed by atoms with Crippen LogP contribution >= 0.6 is 0 Å². The maximum Gasteiger partial charge on any atom is 0.294 e. The van der Waals surface area contributed by atoms with E-state index in [9.17, 15) is 8.42 Å². The minimum atomic E-state index is -4.14. The van der Waals surface area contributed by atoms with Crippen molar-refractivity contribution in [3.63, 3.8) is 0 Å². The van der Waals surface area contributed by atoms with Crippen molar-refractivity contribution in [3.05, 3.63) is 36.4 Å². The van der Waals surface area contributed by atoms with Gasteiger partial charge < -0.3 is 11.2 Å². The molecule has 0 radical (unpaired) electrons. The largest absolute Gasteiger partial charge is 0.412 e. The molecule has 0 heterocycles. The number of hydrogen-bond acceptors (Lipinski definition) is 3. The van der Waals surface area contributed by atoms with Gasteiger partial charge in [0.25, 0.3) is 10.1 Å². The van der Waals surface area contributed by atoms with Crippen LogP contribution in [0.15, 0.2) is 41.3 Å². The summed E-state index contributed by atoms with van der Waals surface area (Å²) in [6, 6.07) is 9.48. The molecule has 0 atom stereocenters. The van der Waals surface area contributed by atoms with Gasteiger partial charge in [0.05, 0.1) is 4.90 Å². The lowest BCUT2D eigenvalue weighted by atomic mass is 10.1. The molecule has 0 aliphatic carbocycles. The lowest BCUT2D eigenvalue weighted by Crippen LogP contribution is -1.97. The number of fused-ring (bicyclic) bond motifs is 1. The van der Waals surface area contributed by atoms with E-state index in [0.29, 0.717) is 5.69 Å². The van der Waals surface area contributed by atoms with Crippen LogP contribution in [0.2, 0.25) is 0 Å². The summed E-state index contributed by atoms with van der Waals surface area (Å²) in [6.45, 7) is 0. The summed E-state index contributed by atoms with van der Waals surface area (Å²) in [5, 5.41) is 1.56. The number of rotatable bonds is 1. The van der Waals surface area contributed by atoms with Gasteiger partial charge in [-0.25, -0.2) is 0 Å². The Labute approximate surface area is 92.6 Å². The van der Waals surface area contributed by atoms with E-state index < -0.39 is 10.1 Å². The highest BCUT2D eigenvalue weighted by molar-refractivity contribution is 7.85.